The van der Waals surface area contributed by atoms with Crippen molar-refractivity contribution in [3.63, 3.8) is 0 Å². The van der Waals surface area contributed by atoms with E-state index in [1.165, 1.54) is 11.0 Å². The van der Waals surface area contributed by atoms with E-state index < -0.39 is 40.6 Å². The van der Waals surface area contributed by atoms with Crippen LogP contribution in [-0.4, -0.2) is 29.7 Å². The maximum Gasteiger partial charge on any atom is 0.410 e. The molecule has 0 fully saturated rings. The molecule has 1 aromatic carbocycles. The molecular weight excluding hydrogens is 416 g/mol. The van der Waals surface area contributed by atoms with Crippen LogP contribution in [0, 0.1) is 57.0 Å². The van der Waals surface area contributed by atoms with E-state index in [4.69, 9.17) is 10.5 Å². The first-order chi connectivity index (χ1) is 15.0. The van der Waals surface area contributed by atoms with Crippen LogP contribution in [0.3, 0.4) is 0 Å². The lowest BCUT2D eigenvalue weighted by Gasteiger charge is -2.45. The van der Waals surface area contributed by atoms with E-state index >= 15 is 0 Å². The Kier molecular flexibility index (Phi) is 5.68. The monoisotopic (exact) mass is 437 g/mol. The predicted molar refractivity (Wildman–Crippen MR) is 109 cm³/mol. The number of hydrogen-bond donors (Lipinski definition) is 1. The summed E-state index contributed by atoms with van der Waals surface area (Å²) in [6.45, 7) is 5.26. The molecule has 2 N–H and O–H groups in total. The van der Waals surface area contributed by atoms with Gasteiger partial charge in [0, 0.05) is 24.9 Å². The molecule has 0 saturated heterocycles. The third kappa shape index (κ3) is 3.65. The molecule has 1 amide bonds. The number of rotatable bonds is 1. The Labute approximate surface area is 184 Å². The predicted octanol–water partition coefficient (Wildman–Crippen LogP) is 3.63. The smallest absolute Gasteiger partial charge is 0.410 e. The van der Waals surface area contributed by atoms with E-state index in [0.717, 1.165) is 12.1 Å². The number of nitrogens with zero attached hydrogens (tertiary/aromatic N) is 4. The van der Waals surface area contributed by atoms with Gasteiger partial charge in [-0.25, -0.2) is 13.6 Å². The molecule has 0 aromatic heterocycles. The van der Waals surface area contributed by atoms with Crippen molar-refractivity contribution in [2.24, 2.45) is 17.1 Å². The summed E-state index contributed by atoms with van der Waals surface area (Å²) in [7, 11) is 0. The van der Waals surface area contributed by atoms with Crippen LogP contribution in [0.5, 0.6) is 0 Å². The summed E-state index contributed by atoms with van der Waals surface area (Å²) in [6.07, 6.45) is 1.01. The van der Waals surface area contributed by atoms with Crippen LogP contribution < -0.4 is 5.73 Å². The zero-order valence-electron chi connectivity index (χ0n) is 17.8. The highest BCUT2D eigenvalue weighted by molar-refractivity contribution is 5.70. The first kappa shape index (κ1) is 22.8. The van der Waals surface area contributed by atoms with E-state index in [1.807, 2.05) is 18.2 Å². The molecule has 0 bridgehead atoms. The molecular formula is C23H21F2N5O2. The fraction of sp³-hybridized carbons (Fsp3) is 0.391. The number of carbonyl (C=O) groups is 1. The number of amides is 1. The number of allylic oxidation sites excluding steroid dienone is 2. The second-order valence-electron chi connectivity index (χ2n) is 8.73. The second-order valence-corrected chi connectivity index (χ2v) is 8.73. The fourth-order valence-electron chi connectivity index (χ4n) is 4.24. The van der Waals surface area contributed by atoms with Crippen molar-refractivity contribution in [1.29, 1.82) is 15.8 Å². The van der Waals surface area contributed by atoms with Gasteiger partial charge in [-0.3, -0.25) is 0 Å². The van der Waals surface area contributed by atoms with Crippen molar-refractivity contribution in [3.8, 4) is 18.2 Å². The van der Waals surface area contributed by atoms with Crippen molar-refractivity contribution in [2.45, 2.75) is 32.3 Å². The molecule has 1 aromatic rings. The largest absolute Gasteiger partial charge is 0.444 e. The molecule has 1 aliphatic carbocycles. The molecule has 1 aliphatic heterocycles. The van der Waals surface area contributed by atoms with Gasteiger partial charge in [-0.1, -0.05) is 12.1 Å². The lowest BCUT2D eigenvalue weighted by molar-refractivity contribution is 0.0224. The van der Waals surface area contributed by atoms with Crippen LogP contribution in [0.15, 0.2) is 41.1 Å². The van der Waals surface area contributed by atoms with E-state index in [-0.39, 0.29) is 29.9 Å². The van der Waals surface area contributed by atoms with Gasteiger partial charge in [0.15, 0.2) is 17.0 Å². The molecule has 0 unspecified atom stereocenters. The number of ether oxygens (including phenoxy) is 1. The number of nitrogens with two attached hydrogens (primary N) is 1. The molecule has 0 radical (unpaired) electrons. The molecule has 164 valence electrons. The summed E-state index contributed by atoms with van der Waals surface area (Å²) in [4.78, 5) is 14.1. The Bertz CT molecular complexity index is 1150. The third-order valence-corrected chi connectivity index (χ3v) is 5.62. The number of carbonyl (C=O) groups excluding carboxylic acids is 1. The van der Waals surface area contributed by atoms with Crippen LogP contribution in [0.1, 0.15) is 32.3 Å². The van der Waals surface area contributed by atoms with Gasteiger partial charge >= 0.3 is 6.09 Å². The molecule has 3 rings (SSSR count). The molecule has 0 saturated carbocycles. The molecule has 2 atom stereocenters. The van der Waals surface area contributed by atoms with Crippen LogP contribution in [-0.2, 0) is 4.74 Å². The Hall–Kier alpha value is -3.90. The minimum atomic E-state index is -2.02. The lowest BCUT2D eigenvalue weighted by atomic mass is 9.58. The Morgan fingerprint density at radius 1 is 1.22 bits per heavy atom. The van der Waals surface area contributed by atoms with Crippen molar-refractivity contribution in [2.75, 3.05) is 13.1 Å². The van der Waals surface area contributed by atoms with Gasteiger partial charge in [-0.05, 0) is 44.0 Å². The number of nitriles is 3. The van der Waals surface area contributed by atoms with Gasteiger partial charge in [0.25, 0.3) is 0 Å². The summed E-state index contributed by atoms with van der Waals surface area (Å²) in [5.41, 5.74) is 3.76. The molecule has 32 heavy (non-hydrogen) atoms. The average Bonchev–Trinajstić information content (AvgIpc) is 2.73. The van der Waals surface area contributed by atoms with Gasteiger partial charge < -0.3 is 15.4 Å². The number of benzene rings is 1. The highest BCUT2D eigenvalue weighted by Gasteiger charge is 2.55. The van der Waals surface area contributed by atoms with E-state index in [0.29, 0.717) is 5.57 Å². The van der Waals surface area contributed by atoms with Gasteiger partial charge in [0.1, 0.15) is 11.7 Å². The molecule has 1 heterocycles. The maximum atomic E-state index is 14.1. The minimum Gasteiger partial charge on any atom is -0.444 e. The summed E-state index contributed by atoms with van der Waals surface area (Å²) in [5.74, 6) is -4.03. The molecule has 9 heteroatoms. The Morgan fingerprint density at radius 2 is 1.88 bits per heavy atom. The van der Waals surface area contributed by atoms with Crippen LogP contribution in [0.2, 0.25) is 0 Å². The zero-order chi connectivity index (χ0) is 23.8. The maximum absolute atomic E-state index is 14.1. The normalized spacial score (nSPS) is 22.1. The van der Waals surface area contributed by atoms with Crippen molar-refractivity contribution < 1.29 is 18.3 Å². The molecule has 0 spiro atoms. The minimum absolute atomic E-state index is 0.00597. The van der Waals surface area contributed by atoms with E-state index in [2.05, 4.69) is 0 Å². The average molecular weight is 437 g/mol. The highest BCUT2D eigenvalue weighted by atomic mass is 19.2. The number of fused-ring (bicyclic) bond motifs is 1. The molecule has 2 aliphatic rings. The van der Waals surface area contributed by atoms with Gasteiger partial charge in [0.2, 0.25) is 0 Å². The molecule has 7 nitrogen and oxygen atoms in total. The highest BCUT2D eigenvalue weighted by Crippen LogP contribution is 2.54. The summed E-state index contributed by atoms with van der Waals surface area (Å²) in [6, 6.07) is 8.88. The fourth-order valence-corrected chi connectivity index (χ4v) is 4.24. The Balaban J connectivity index is 2.21. The third-order valence-electron chi connectivity index (χ3n) is 5.62. The van der Waals surface area contributed by atoms with Crippen molar-refractivity contribution >= 4 is 6.09 Å². The Morgan fingerprint density at radius 3 is 2.41 bits per heavy atom. The zero-order valence-corrected chi connectivity index (χ0v) is 17.8. The summed E-state index contributed by atoms with van der Waals surface area (Å²) in [5, 5.41) is 29.7. The first-order valence-corrected chi connectivity index (χ1v) is 9.85. The van der Waals surface area contributed by atoms with E-state index in [9.17, 15) is 29.4 Å². The van der Waals surface area contributed by atoms with Crippen molar-refractivity contribution in [1.82, 2.24) is 4.90 Å². The summed E-state index contributed by atoms with van der Waals surface area (Å²) < 4.78 is 33.2. The second kappa shape index (κ2) is 7.98. The SMILES string of the molecule is CC(C)(C)OC(=O)N1CC=C2C(C#N)=C(N)C(C#N)(C#N)[C@@H](c3ccc(F)c(F)c3)[C@@H]2C1. The van der Waals surface area contributed by atoms with Crippen LogP contribution in [0.4, 0.5) is 13.6 Å². The number of halogens is 2. The quantitative estimate of drug-likeness (QED) is 0.715. The first-order valence-electron chi connectivity index (χ1n) is 9.85. The standard InChI is InChI=1S/C23H21F2N5O2/c1-22(2,3)32-21(31)30-7-6-14-15(9-26)20(29)23(11-27,12-28)19(16(14)10-30)13-4-5-17(24)18(25)8-13/h4-6,8,16,19H,7,10,29H2,1-3H3/t16-,19+/m1/s1. The lowest BCUT2D eigenvalue weighted by Crippen LogP contribution is -2.50. The van der Waals surface area contributed by atoms with Gasteiger partial charge in [-0.15, -0.1) is 0 Å². The number of hydrogen-bond acceptors (Lipinski definition) is 6. The van der Waals surface area contributed by atoms with Crippen LogP contribution in [0.25, 0.3) is 0 Å². The van der Waals surface area contributed by atoms with E-state index in [1.54, 1.807) is 26.8 Å². The summed E-state index contributed by atoms with van der Waals surface area (Å²) >= 11 is 0. The van der Waals surface area contributed by atoms with Gasteiger partial charge in [0.05, 0.1) is 23.4 Å². The van der Waals surface area contributed by atoms with Crippen molar-refractivity contribution in [3.05, 3.63) is 58.3 Å². The van der Waals surface area contributed by atoms with Gasteiger partial charge in [-0.2, -0.15) is 15.8 Å². The van der Waals surface area contributed by atoms with Crippen LogP contribution >= 0.6 is 0 Å². The topological polar surface area (TPSA) is 127 Å².